The summed E-state index contributed by atoms with van der Waals surface area (Å²) in [7, 11) is 3.45. The Bertz CT molecular complexity index is 770. The Kier molecular flexibility index (Phi) is 2.67. The number of hydrogen-bond donors (Lipinski definition) is 1. The topological polar surface area (TPSA) is 59.9 Å². The first-order valence-corrected chi connectivity index (χ1v) is 6.01. The summed E-state index contributed by atoms with van der Waals surface area (Å²) in [5, 5.41) is 4.87. The molecule has 0 amide bonds. The number of hydrogen-bond acceptors (Lipinski definition) is 5. The maximum atomic E-state index is 5.28. The van der Waals surface area contributed by atoms with Crippen molar-refractivity contribution >= 4 is 27.9 Å². The minimum Gasteiger partial charge on any atom is -0.497 e. The van der Waals surface area contributed by atoms with Gasteiger partial charge in [0.15, 0.2) is 5.65 Å². The van der Waals surface area contributed by atoms with E-state index in [0.717, 1.165) is 27.6 Å². The molecule has 3 rings (SSSR count). The summed E-state index contributed by atoms with van der Waals surface area (Å²) in [6.45, 7) is 2.02. The third-order valence-corrected chi connectivity index (χ3v) is 3.09. The van der Waals surface area contributed by atoms with Gasteiger partial charge in [0.1, 0.15) is 5.75 Å². The zero-order valence-electron chi connectivity index (χ0n) is 11.1. The Labute approximate surface area is 110 Å². The van der Waals surface area contributed by atoms with Crippen molar-refractivity contribution in [2.24, 2.45) is 0 Å². The Hall–Kier alpha value is -2.43. The van der Waals surface area contributed by atoms with Crippen LogP contribution in [0.1, 0.15) is 5.56 Å². The van der Waals surface area contributed by atoms with Crippen LogP contribution in [0.2, 0.25) is 0 Å². The van der Waals surface area contributed by atoms with Gasteiger partial charge >= 0.3 is 0 Å². The van der Waals surface area contributed by atoms with Crippen LogP contribution in [0.15, 0.2) is 24.4 Å². The van der Waals surface area contributed by atoms with Gasteiger partial charge in [0.05, 0.1) is 12.6 Å². The Morgan fingerprint density at radius 2 is 1.95 bits per heavy atom. The van der Waals surface area contributed by atoms with Crippen LogP contribution < -0.4 is 10.1 Å². The number of nitrogens with zero attached hydrogens (tertiary/aromatic N) is 3. The molecule has 0 bridgehead atoms. The summed E-state index contributed by atoms with van der Waals surface area (Å²) in [6.07, 6.45) is 1.77. The summed E-state index contributed by atoms with van der Waals surface area (Å²) >= 11 is 0. The number of nitrogens with one attached hydrogen (secondary N) is 1. The third kappa shape index (κ3) is 1.93. The highest BCUT2D eigenvalue weighted by molar-refractivity contribution is 5.93. The summed E-state index contributed by atoms with van der Waals surface area (Å²) in [5.41, 5.74) is 2.70. The monoisotopic (exact) mass is 254 g/mol. The van der Waals surface area contributed by atoms with Crippen molar-refractivity contribution in [3.63, 3.8) is 0 Å². The smallest absolute Gasteiger partial charge is 0.224 e. The van der Waals surface area contributed by atoms with Crippen LogP contribution in [-0.4, -0.2) is 29.1 Å². The van der Waals surface area contributed by atoms with E-state index in [1.54, 1.807) is 20.4 Å². The number of benzene rings is 1. The molecule has 0 aliphatic heterocycles. The Morgan fingerprint density at radius 3 is 2.68 bits per heavy atom. The van der Waals surface area contributed by atoms with Gasteiger partial charge in [0, 0.05) is 24.0 Å². The van der Waals surface area contributed by atoms with Crippen molar-refractivity contribution in [3.05, 3.63) is 30.0 Å². The highest BCUT2D eigenvalue weighted by Gasteiger charge is 2.07. The lowest BCUT2D eigenvalue weighted by atomic mass is 10.1. The lowest BCUT2D eigenvalue weighted by Gasteiger charge is -2.07. The molecule has 0 saturated heterocycles. The number of aryl methyl sites for hydroxylation is 1. The van der Waals surface area contributed by atoms with E-state index >= 15 is 0 Å². The van der Waals surface area contributed by atoms with Gasteiger partial charge in [-0.3, -0.25) is 0 Å². The fraction of sp³-hybridized carbons (Fsp3) is 0.214. The molecule has 2 aromatic heterocycles. The van der Waals surface area contributed by atoms with E-state index in [1.807, 2.05) is 25.1 Å². The molecule has 1 N–H and O–H groups in total. The molecule has 5 nitrogen and oxygen atoms in total. The fourth-order valence-corrected chi connectivity index (χ4v) is 2.12. The van der Waals surface area contributed by atoms with Crippen LogP contribution in [0, 0.1) is 6.92 Å². The van der Waals surface area contributed by atoms with Crippen molar-refractivity contribution in [1.29, 1.82) is 0 Å². The van der Waals surface area contributed by atoms with E-state index < -0.39 is 0 Å². The molecule has 0 radical (unpaired) electrons. The molecule has 0 spiro atoms. The van der Waals surface area contributed by atoms with Gasteiger partial charge in [-0.15, -0.1) is 0 Å². The summed E-state index contributed by atoms with van der Waals surface area (Å²) in [5.74, 6) is 1.41. The van der Waals surface area contributed by atoms with Crippen LogP contribution in [0.4, 0.5) is 5.95 Å². The number of anilines is 1. The lowest BCUT2D eigenvalue weighted by molar-refractivity contribution is 0.415. The maximum absolute atomic E-state index is 5.28. The van der Waals surface area contributed by atoms with E-state index in [1.165, 1.54) is 0 Å². The van der Waals surface area contributed by atoms with Crippen LogP contribution in [0.5, 0.6) is 5.75 Å². The molecule has 3 aromatic rings. The molecule has 1 aromatic carbocycles. The van der Waals surface area contributed by atoms with Crippen LogP contribution in [0.3, 0.4) is 0 Å². The van der Waals surface area contributed by atoms with Gasteiger partial charge in [0.25, 0.3) is 0 Å². The standard InChI is InChI=1S/C14H14N4O/c1-8-4-11(19-3)6-9-5-10-7-16-14(15-2)18-13(10)17-12(8)9/h4-7H,1-3H3,(H,15,16,17,18). The van der Waals surface area contributed by atoms with Gasteiger partial charge in [-0.25, -0.2) is 9.97 Å². The average molecular weight is 254 g/mol. The van der Waals surface area contributed by atoms with E-state index in [9.17, 15) is 0 Å². The van der Waals surface area contributed by atoms with Crippen molar-refractivity contribution < 1.29 is 4.74 Å². The second kappa shape index (κ2) is 4.35. The molecular weight excluding hydrogens is 240 g/mol. The molecule has 0 atom stereocenters. The number of fused-ring (bicyclic) bond motifs is 2. The van der Waals surface area contributed by atoms with Crippen molar-refractivity contribution in [2.75, 3.05) is 19.5 Å². The number of pyridine rings is 1. The number of aromatic nitrogens is 3. The van der Waals surface area contributed by atoms with Crippen LogP contribution in [-0.2, 0) is 0 Å². The van der Waals surface area contributed by atoms with E-state index in [4.69, 9.17) is 4.74 Å². The Balaban J connectivity index is 2.34. The van der Waals surface area contributed by atoms with Crippen molar-refractivity contribution in [3.8, 4) is 5.75 Å². The number of methoxy groups -OCH3 is 1. The molecule has 0 aliphatic rings. The molecule has 2 heterocycles. The van der Waals surface area contributed by atoms with Crippen molar-refractivity contribution in [1.82, 2.24) is 15.0 Å². The SMILES string of the molecule is CNc1ncc2cc3cc(OC)cc(C)c3nc2n1. The highest BCUT2D eigenvalue weighted by Crippen LogP contribution is 2.26. The second-order valence-corrected chi connectivity index (χ2v) is 4.36. The minimum absolute atomic E-state index is 0.575. The van der Waals surface area contributed by atoms with E-state index in [-0.39, 0.29) is 0 Å². The van der Waals surface area contributed by atoms with Crippen LogP contribution in [0.25, 0.3) is 21.9 Å². The normalized spacial score (nSPS) is 10.9. The predicted octanol–water partition coefficient (Wildman–Crippen LogP) is 2.54. The largest absolute Gasteiger partial charge is 0.497 e. The first-order valence-electron chi connectivity index (χ1n) is 6.01. The molecule has 19 heavy (non-hydrogen) atoms. The highest BCUT2D eigenvalue weighted by atomic mass is 16.5. The molecule has 0 unspecified atom stereocenters. The first-order chi connectivity index (χ1) is 9.21. The third-order valence-electron chi connectivity index (χ3n) is 3.09. The molecule has 5 heteroatoms. The van der Waals surface area contributed by atoms with Gasteiger partial charge in [-0.1, -0.05) is 0 Å². The summed E-state index contributed by atoms with van der Waals surface area (Å²) in [4.78, 5) is 13.2. The number of rotatable bonds is 2. The Morgan fingerprint density at radius 1 is 1.11 bits per heavy atom. The average Bonchev–Trinajstić information content (AvgIpc) is 2.44. The van der Waals surface area contributed by atoms with E-state index in [0.29, 0.717) is 11.6 Å². The molecule has 0 saturated carbocycles. The number of ether oxygens (including phenoxy) is 1. The molecule has 0 aliphatic carbocycles. The zero-order chi connectivity index (χ0) is 13.4. The zero-order valence-corrected chi connectivity index (χ0v) is 11.1. The van der Waals surface area contributed by atoms with Gasteiger partial charge in [-0.05, 0) is 30.7 Å². The molecule has 96 valence electrons. The molecule has 0 fully saturated rings. The summed E-state index contributed by atoms with van der Waals surface area (Å²) < 4.78 is 5.28. The summed E-state index contributed by atoms with van der Waals surface area (Å²) in [6, 6.07) is 5.98. The quantitative estimate of drug-likeness (QED) is 0.712. The first kappa shape index (κ1) is 11.6. The maximum Gasteiger partial charge on any atom is 0.224 e. The molecular formula is C14H14N4O. The fourth-order valence-electron chi connectivity index (χ4n) is 2.12. The van der Waals surface area contributed by atoms with Gasteiger partial charge in [0.2, 0.25) is 5.95 Å². The van der Waals surface area contributed by atoms with Gasteiger partial charge in [-0.2, -0.15) is 4.98 Å². The minimum atomic E-state index is 0.575. The van der Waals surface area contributed by atoms with E-state index in [2.05, 4.69) is 20.3 Å². The van der Waals surface area contributed by atoms with Gasteiger partial charge < -0.3 is 10.1 Å². The lowest BCUT2D eigenvalue weighted by Crippen LogP contribution is -1.97. The predicted molar refractivity (Wildman–Crippen MR) is 75.7 cm³/mol. The van der Waals surface area contributed by atoms with Crippen molar-refractivity contribution in [2.45, 2.75) is 6.92 Å². The second-order valence-electron chi connectivity index (χ2n) is 4.36. The van der Waals surface area contributed by atoms with Crippen LogP contribution >= 0.6 is 0 Å².